The fourth-order valence-corrected chi connectivity index (χ4v) is 10.5. The molecule has 546 valence electrons. The SMILES string of the molecule is CCCC[C@H](NC(=O)[C@H](CNC(=O)CN(CC(=O)O)CC(=O)O)NC(=O)[C@H](Cc1cnc[nH]1)NC(=O)[C@H](CCC(N)=O)NC(=O)[C@H](CO)NC(=O)CNC(=O)COCCOCCNC(=O)CCCS(=O)(=O)NC(=O)CCCCCCCCCCCCCCCc1nn[nH]n1)C(C)=O. The van der Waals surface area contributed by atoms with Crippen molar-refractivity contribution in [2.45, 2.75) is 192 Å². The summed E-state index contributed by atoms with van der Waals surface area (Å²) in [6, 6.07) is -7.84. The molecule has 0 saturated carbocycles. The molecular weight excluding hydrogens is 1300 g/mol. The quantitative estimate of drug-likeness (QED) is 0.0289. The lowest BCUT2D eigenvalue weighted by molar-refractivity contribution is -0.142. The average Bonchev–Trinajstić information content (AvgIpc) is 1.64. The first-order valence-corrected chi connectivity index (χ1v) is 34.2. The van der Waals surface area contributed by atoms with Crippen LogP contribution in [0.4, 0.5) is 0 Å². The van der Waals surface area contributed by atoms with Crippen molar-refractivity contribution in [1.29, 1.82) is 0 Å². The van der Waals surface area contributed by atoms with Crippen LogP contribution in [0.15, 0.2) is 12.5 Å². The molecule has 0 unspecified atom stereocenters. The lowest BCUT2D eigenvalue weighted by atomic mass is 10.0. The van der Waals surface area contributed by atoms with Gasteiger partial charge in [0, 0.05) is 57.1 Å². The first kappa shape index (κ1) is 84.5. The number of hydrogen-bond donors (Lipinski definition) is 15. The van der Waals surface area contributed by atoms with Crippen molar-refractivity contribution in [2.75, 3.05) is 78.1 Å². The Morgan fingerprint density at radius 1 is 0.598 bits per heavy atom. The van der Waals surface area contributed by atoms with Gasteiger partial charge < -0.3 is 78.0 Å². The van der Waals surface area contributed by atoms with Crippen LogP contribution < -0.4 is 53.0 Å². The van der Waals surface area contributed by atoms with Crippen LogP contribution in [-0.2, 0) is 94.7 Å². The average molecular weight is 1400 g/mol. The van der Waals surface area contributed by atoms with Gasteiger partial charge in [-0.1, -0.05) is 95.6 Å². The molecule has 16 N–H and O–H groups in total. The molecule has 0 aliphatic heterocycles. The van der Waals surface area contributed by atoms with E-state index in [1.54, 1.807) is 0 Å². The number of hydrogen-bond acceptors (Lipinski definition) is 23. The zero-order chi connectivity index (χ0) is 71.8. The summed E-state index contributed by atoms with van der Waals surface area (Å²) in [5, 5.41) is 61.5. The molecule has 0 radical (unpaired) electrons. The van der Waals surface area contributed by atoms with Crippen LogP contribution >= 0.6 is 0 Å². The molecule has 0 bridgehead atoms. The van der Waals surface area contributed by atoms with E-state index < -0.39 is 182 Å². The zero-order valence-corrected chi connectivity index (χ0v) is 56.1. The van der Waals surface area contributed by atoms with Crippen molar-refractivity contribution in [3.63, 3.8) is 0 Å². The van der Waals surface area contributed by atoms with E-state index in [4.69, 9.17) is 15.2 Å². The Kier molecular flexibility index (Phi) is 43.4. The maximum Gasteiger partial charge on any atom is 0.317 e. The van der Waals surface area contributed by atoms with E-state index in [0.29, 0.717) is 19.3 Å². The van der Waals surface area contributed by atoms with E-state index in [0.717, 1.165) is 55.7 Å². The van der Waals surface area contributed by atoms with E-state index in [9.17, 15) is 86.1 Å². The number of nitrogens with one attached hydrogen (secondary N) is 11. The smallest absolute Gasteiger partial charge is 0.317 e. The van der Waals surface area contributed by atoms with Crippen molar-refractivity contribution < 1.29 is 95.5 Å². The number of H-pyrrole nitrogens is 2. The number of aryl methyl sites for hydroxylation is 1. The first-order chi connectivity index (χ1) is 46.3. The number of unbranched alkanes of at least 4 members (excludes halogenated alkanes) is 13. The fraction of sp³-hybridized carbons (Fsp3) is 0.712. The highest BCUT2D eigenvalue weighted by molar-refractivity contribution is 7.90. The number of carbonyl (C=O) groups excluding carboxylic acids is 11. The number of nitrogens with two attached hydrogens (primary N) is 1. The minimum absolute atomic E-state index is 0.0132. The fourth-order valence-electron chi connectivity index (χ4n) is 9.39. The number of carboxylic acids is 2. The van der Waals surface area contributed by atoms with E-state index in [1.807, 2.05) is 6.92 Å². The monoisotopic (exact) mass is 1400 g/mol. The number of carbonyl (C=O) groups is 13. The molecule has 0 fully saturated rings. The number of aliphatic hydroxyl groups is 1. The summed E-state index contributed by atoms with van der Waals surface area (Å²) in [7, 11) is -3.92. The van der Waals surface area contributed by atoms with E-state index in [1.165, 1.54) is 58.0 Å². The van der Waals surface area contributed by atoms with E-state index in [2.05, 4.69) is 77.8 Å². The number of rotatable bonds is 58. The number of Topliss-reactive ketones (excluding diaryl/α,β-unsaturated/α-hetero) is 1. The summed E-state index contributed by atoms with van der Waals surface area (Å²) in [6.07, 6.45) is 17.4. The van der Waals surface area contributed by atoms with Crippen molar-refractivity contribution in [3.8, 4) is 0 Å². The second kappa shape index (κ2) is 49.8. The predicted octanol–water partition coefficient (Wildman–Crippen LogP) is -3.29. The second-order valence-electron chi connectivity index (χ2n) is 23.0. The summed E-state index contributed by atoms with van der Waals surface area (Å²) in [4.78, 5) is 173. The molecule has 0 aliphatic carbocycles. The molecule has 97 heavy (non-hydrogen) atoms. The molecule has 2 heterocycles. The molecule has 0 aliphatic rings. The number of primary amides is 1. The minimum Gasteiger partial charge on any atom is -0.480 e. The summed E-state index contributed by atoms with van der Waals surface area (Å²) < 4.78 is 37.5. The molecule has 0 aromatic carbocycles. The third-order valence-electron chi connectivity index (χ3n) is 14.5. The molecule has 2 rings (SSSR count). The number of nitrogens with zero attached hydrogens (tertiary/aromatic N) is 5. The van der Waals surface area contributed by atoms with Gasteiger partial charge in [-0.2, -0.15) is 5.21 Å². The van der Waals surface area contributed by atoms with Gasteiger partial charge >= 0.3 is 11.9 Å². The molecule has 0 saturated heterocycles. The van der Waals surface area contributed by atoms with Crippen molar-refractivity contribution >= 4 is 86.8 Å². The molecule has 2 aromatic heterocycles. The number of aliphatic hydroxyl groups excluding tert-OH is 1. The van der Waals surface area contributed by atoms with Crippen LogP contribution in [-0.4, -0.2) is 244 Å². The number of tetrazole rings is 1. The Labute approximate surface area is 562 Å². The van der Waals surface area contributed by atoms with Gasteiger partial charge in [0.1, 0.15) is 30.8 Å². The van der Waals surface area contributed by atoms with Crippen LogP contribution in [0.3, 0.4) is 0 Å². The standard InChI is InChI=1S/C59H99N17O20S/c1-3-4-19-42(40(2)78)67-58(91)45(32-63-52(83)34-76(35-54(85)86)36-55(87)88)70-57(90)44(30-41-31-61-39-65-41)69-56(89)43(23-24-47(60)79)68-59(92)46(37-77)66-51(82)33-64-53(84)38-96-28-27-95-26-25-62-49(80)22-18-29-97(93,94)73-50(81)21-17-15-13-11-9-7-5-6-8-10-12-14-16-20-48-71-74-75-72-48/h31,39,42-46,77H,3-30,32-38H2,1-2H3,(H2,60,79)(H,61,65)(H,62,80)(H,63,83)(H,64,84)(H,66,82)(H,67,91)(H,68,92)(H,69,89)(H,70,90)(H,73,81)(H,85,86)(H,87,88)(H,71,72,74,75)/t42-,43-,44-,45-,46-/m0/s1. The minimum atomic E-state index is -3.92. The Morgan fingerprint density at radius 3 is 1.76 bits per heavy atom. The van der Waals surface area contributed by atoms with Crippen LogP contribution in [0, 0.1) is 0 Å². The number of carboxylic acid groups (broad SMARTS) is 2. The second-order valence-corrected chi connectivity index (χ2v) is 24.8. The highest BCUT2D eigenvalue weighted by atomic mass is 32.2. The van der Waals surface area contributed by atoms with Crippen molar-refractivity contribution in [1.82, 2.24) is 82.7 Å². The van der Waals surface area contributed by atoms with Crippen molar-refractivity contribution in [2.24, 2.45) is 5.73 Å². The van der Waals surface area contributed by atoms with Gasteiger partial charge in [-0.25, -0.2) is 13.4 Å². The van der Waals surface area contributed by atoms with Crippen LogP contribution in [0.25, 0.3) is 0 Å². The molecule has 10 amide bonds. The predicted molar refractivity (Wildman–Crippen MR) is 344 cm³/mol. The number of aromatic amines is 2. The van der Waals surface area contributed by atoms with E-state index >= 15 is 0 Å². The van der Waals surface area contributed by atoms with Gasteiger partial charge in [0.05, 0.1) is 70.7 Å². The summed E-state index contributed by atoms with van der Waals surface area (Å²) in [6.45, 7) is -2.40. The number of ketones is 1. The normalized spacial score (nSPS) is 12.8. The lowest BCUT2D eigenvalue weighted by Crippen LogP contribution is -2.61. The molecule has 38 heteroatoms. The molecule has 0 spiro atoms. The number of aliphatic carboxylic acids is 2. The van der Waals surface area contributed by atoms with Crippen LogP contribution in [0.1, 0.15) is 160 Å². The van der Waals surface area contributed by atoms with Gasteiger partial charge in [-0.05, 0) is 39.0 Å². The van der Waals surface area contributed by atoms with Gasteiger partial charge in [-0.15, -0.1) is 10.2 Å². The van der Waals surface area contributed by atoms with Crippen LogP contribution in [0.2, 0.25) is 0 Å². The topological polar surface area (TPSA) is 556 Å². The Hall–Kier alpha value is -8.62. The van der Waals surface area contributed by atoms with Gasteiger partial charge in [0.2, 0.25) is 69.1 Å². The molecule has 2 aromatic rings. The third-order valence-corrected chi connectivity index (χ3v) is 15.9. The Balaban J connectivity index is 1.79. The third kappa shape index (κ3) is 41.8. The number of imidazole rings is 1. The largest absolute Gasteiger partial charge is 0.480 e. The summed E-state index contributed by atoms with van der Waals surface area (Å²) >= 11 is 0. The number of sulfonamides is 1. The highest BCUT2D eigenvalue weighted by Crippen LogP contribution is 2.14. The first-order valence-electron chi connectivity index (χ1n) is 32.6. The Morgan fingerprint density at radius 2 is 1.18 bits per heavy atom. The maximum absolute atomic E-state index is 14.2. The summed E-state index contributed by atoms with van der Waals surface area (Å²) in [5.74, 6) is -12.0. The number of aromatic nitrogens is 6. The van der Waals surface area contributed by atoms with Crippen molar-refractivity contribution in [3.05, 3.63) is 24.0 Å². The highest BCUT2D eigenvalue weighted by Gasteiger charge is 2.34. The van der Waals surface area contributed by atoms with Crippen LogP contribution in [0.5, 0.6) is 0 Å². The Bertz CT molecular complexity index is 2850. The lowest BCUT2D eigenvalue weighted by Gasteiger charge is -2.27. The summed E-state index contributed by atoms with van der Waals surface area (Å²) in [5.41, 5.74) is 5.60. The molecule has 37 nitrogen and oxygen atoms in total. The van der Waals surface area contributed by atoms with Gasteiger partial charge in [0.25, 0.3) is 0 Å². The zero-order valence-electron chi connectivity index (χ0n) is 55.3. The van der Waals surface area contributed by atoms with E-state index in [-0.39, 0.29) is 64.2 Å². The van der Waals surface area contributed by atoms with Gasteiger partial charge in [0.15, 0.2) is 11.6 Å². The maximum atomic E-state index is 14.2. The molecular formula is C59H99N17O20S. The number of ether oxygens (including phenoxy) is 2. The van der Waals surface area contributed by atoms with Gasteiger partial charge in [-0.3, -0.25) is 72.0 Å². The molecule has 5 atom stereocenters. The number of amides is 10.